The predicted molar refractivity (Wildman–Crippen MR) is 117 cm³/mol. The maximum atomic E-state index is 15.4. The van der Waals surface area contributed by atoms with Gasteiger partial charge in [-0.3, -0.25) is 9.59 Å². The zero-order chi connectivity index (χ0) is 20.3. The molecule has 0 unspecified atom stereocenters. The third-order valence-corrected chi connectivity index (χ3v) is 6.64. The van der Waals surface area contributed by atoms with Crippen molar-refractivity contribution in [1.29, 1.82) is 0 Å². The summed E-state index contributed by atoms with van der Waals surface area (Å²) in [6.07, 6.45) is 5.87. The standard InChI is InChI=1S/C22H26FN3O3.ClH/c1-12(27)16-10-26(14-5-6-14)19-15(21(16)28)8-17(23)20(22(19)29-2)25-9-13-4-3-7-24-18(13)11-25;/h8,10,13-14,18,24H,3-7,9,11H2,1-2H3;1H/t13-,18+;/m1./s1. The maximum Gasteiger partial charge on any atom is 0.200 e. The van der Waals surface area contributed by atoms with E-state index in [1.54, 1.807) is 6.20 Å². The third kappa shape index (κ3) is 3.28. The Bertz CT molecular complexity index is 1050. The SMILES string of the molecule is COc1c(N2C[C@H]3CCCN[C@H]3C2)c(F)cc2c(=O)c(C(C)=O)cn(C3CC3)c12.Cl. The highest BCUT2D eigenvalue weighted by Gasteiger charge is 2.38. The zero-order valence-corrected chi connectivity index (χ0v) is 18.1. The molecule has 1 aliphatic carbocycles. The summed E-state index contributed by atoms with van der Waals surface area (Å²) in [7, 11) is 1.53. The maximum absolute atomic E-state index is 15.4. The fourth-order valence-corrected chi connectivity index (χ4v) is 5.05. The molecule has 3 aliphatic rings. The number of hydrogen-bond acceptors (Lipinski definition) is 5. The lowest BCUT2D eigenvalue weighted by Gasteiger charge is -2.25. The van der Waals surface area contributed by atoms with E-state index in [2.05, 4.69) is 10.2 Å². The van der Waals surface area contributed by atoms with Crippen molar-refractivity contribution < 1.29 is 13.9 Å². The summed E-state index contributed by atoms with van der Waals surface area (Å²) in [6.45, 7) is 3.88. The van der Waals surface area contributed by atoms with Crippen LogP contribution in [0, 0.1) is 11.7 Å². The van der Waals surface area contributed by atoms with E-state index >= 15 is 4.39 Å². The van der Waals surface area contributed by atoms with E-state index in [9.17, 15) is 9.59 Å². The number of halogens is 2. The van der Waals surface area contributed by atoms with Gasteiger partial charge in [0.15, 0.2) is 22.8 Å². The number of fused-ring (bicyclic) bond motifs is 2. The van der Waals surface area contributed by atoms with Crippen molar-refractivity contribution in [2.24, 2.45) is 5.92 Å². The average molecular weight is 436 g/mol. The van der Waals surface area contributed by atoms with Gasteiger partial charge in [-0.1, -0.05) is 0 Å². The van der Waals surface area contributed by atoms with Crippen LogP contribution in [0.15, 0.2) is 17.1 Å². The Morgan fingerprint density at radius 2 is 2.03 bits per heavy atom. The van der Waals surface area contributed by atoms with E-state index in [0.717, 1.165) is 45.3 Å². The van der Waals surface area contributed by atoms with E-state index in [1.165, 1.54) is 20.1 Å². The molecule has 6 nitrogen and oxygen atoms in total. The summed E-state index contributed by atoms with van der Waals surface area (Å²) < 4.78 is 23.1. The molecule has 2 saturated heterocycles. The predicted octanol–water partition coefficient (Wildman–Crippen LogP) is 3.30. The molecule has 5 rings (SSSR count). The van der Waals surface area contributed by atoms with Crippen molar-refractivity contribution in [1.82, 2.24) is 9.88 Å². The molecule has 162 valence electrons. The van der Waals surface area contributed by atoms with Crippen LogP contribution in [0.3, 0.4) is 0 Å². The number of Topliss-reactive ketones (excluding diaryl/α,β-unsaturated/α-hetero) is 1. The van der Waals surface area contributed by atoms with E-state index in [-0.39, 0.29) is 35.2 Å². The summed E-state index contributed by atoms with van der Waals surface area (Å²) in [6, 6.07) is 1.87. The van der Waals surface area contributed by atoms with Crippen LogP contribution in [0.2, 0.25) is 0 Å². The van der Waals surface area contributed by atoms with Crippen LogP contribution in [0.5, 0.6) is 5.75 Å². The molecule has 2 aliphatic heterocycles. The van der Waals surface area contributed by atoms with Gasteiger partial charge in [-0.25, -0.2) is 4.39 Å². The van der Waals surface area contributed by atoms with Crippen molar-refractivity contribution in [3.8, 4) is 5.75 Å². The van der Waals surface area contributed by atoms with Gasteiger partial charge < -0.3 is 19.5 Å². The van der Waals surface area contributed by atoms with Gasteiger partial charge >= 0.3 is 0 Å². The Labute approximate surface area is 180 Å². The molecule has 1 aromatic heterocycles. The van der Waals surface area contributed by atoms with Gasteiger partial charge in [-0.05, 0) is 51.1 Å². The van der Waals surface area contributed by atoms with Crippen LogP contribution in [0.4, 0.5) is 10.1 Å². The Hall–Kier alpha value is -2.12. The number of carbonyl (C=O) groups excluding carboxylic acids is 1. The summed E-state index contributed by atoms with van der Waals surface area (Å²) in [5.74, 6) is 0.129. The molecule has 1 aromatic carbocycles. The highest BCUT2D eigenvalue weighted by atomic mass is 35.5. The second-order valence-electron chi connectivity index (χ2n) is 8.57. The van der Waals surface area contributed by atoms with Crippen LogP contribution in [0.1, 0.15) is 49.0 Å². The fourth-order valence-electron chi connectivity index (χ4n) is 5.05. The van der Waals surface area contributed by atoms with Gasteiger partial charge in [-0.2, -0.15) is 0 Å². The Morgan fingerprint density at radius 1 is 1.27 bits per heavy atom. The molecule has 2 atom stereocenters. The van der Waals surface area contributed by atoms with Gasteiger partial charge in [0.25, 0.3) is 0 Å². The number of ketones is 1. The Morgan fingerprint density at radius 3 is 2.67 bits per heavy atom. The van der Waals surface area contributed by atoms with Crippen molar-refractivity contribution in [3.63, 3.8) is 0 Å². The third-order valence-electron chi connectivity index (χ3n) is 6.64. The molecule has 0 bridgehead atoms. The lowest BCUT2D eigenvalue weighted by Crippen LogP contribution is -2.40. The second-order valence-corrected chi connectivity index (χ2v) is 8.57. The highest BCUT2D eigenvalue weighted by molar-refractivity contribution is 5.99. The van der Waals surface area contributed by atoms with E-state index in [4.69, 9.17) is 4.74 Å². The summed E-state index contributed by atoms with van der Waals surface area (Å²) in [5.41, 5.74) is 0.713. The molecule has 30 heavy (non-hydrogen) atoms. The largest absolute Gasteiger partial charge is 0.492 e. The van der Waals surface area contributed by atoms with Crippen LogP contribution in [-0.4, -0.2) is 43.1 Å². The first-order valence-corrected chi connectivity index (χ1v) is 10.4. The summed E-state index contributed by atoms with van der Waals surface area (Å²) in [4.78, 5) is 27.0. The van der Waals surface area contributed by atoms with Crippen molar-refractivity contribution in [2.75, 3.05) is 31.6 Å². The highest BCUT2D eigenvalue weighted by Crippen LogP contribution is 2.45. The summed E-state index contributed by atoms with van der Waals surface area (Å²) >= 11 is 0. The first-order chi connectivity index (χ1) is 14.0. The minimum absolute atomic E-state index is 0. The fraction of sp³-hybridized carbons (Fsp3) is 0.545. The van der Waals surface area contributed by atoms with Crippen LogP contribution < -0.4 is 20.4 Å². The molecule has 3 fully saturated rings. The van der Waals surface area contributed by atoms with Crippen LogP contribution in [0.25, 0.3) is 10.9 Å². The molecule has 8 heteroatoms. The van der Waals surface area contributed by atoms with Gasteiger partial charge in [0, 0.05) is 31.4 Å². The molecule has 0 amide bonds. The number of piperidine rings is 1. The first-order valence-electron chi connectivity index (χ1n) is 10.4. The number of nitrogens with one attached hydrogen (secondary N) is 1. The smallest absolute Gasteiger partial charge is 0.200 e. The lowest BCUT2D eigenvalue weighted by atomic mass is 9.94. The number of rotatable bonds is 4. The number of pyridine rings is 1. The number of carbonyl (C=O) groups is 1. The lowest BCUT2D eigenvalue weighted by molar-refractivity contribution is 0.101. The van der Waals surface area contributed by atoms with Gasteiger partial charge in [0.05, 0.1) is 23.6 Å². The van der Waals surface area contributed by atoms with E-state index in [1.807, 2.05) is 4.57 Å². The molecular weight excluding hydrogens is 409 g/mol. The quantitative estimate of drug-likeness (QED) is 0.746. The van der Waals surface area contributed by atoms with Crippen LogP contribution >= 0.6 is 12.4 Å². The minimum Gasteiger partial charge on any atom is -0.492 e. The Kier molecular flexibility index (Phi) is 5.53. The first kappa shape index (κ1) is 21.1. The summed E-state index contributed by atoms with van der Waals surface area (Å²) in [5, 5.41) is 3.77. The number of anilines is 1. The monoisotopic (exact) mass is 435 g/mol. The number of benzene rings is 1. The molecule has 3 heterocycles. The second kappa shape index (κ2) is 7.85. The van der Waals surface area contributed by atoms with E-state index in [0.29, 0.717) is 28.9 Å². The number of hydrogen-bond donors (Lipinski definition) is 1. The minimum atomic E-state index is -0.465. The van der Waals surface area contributed by atoms with Gasteiger partial charge in [-0.15, -0.1) is 12.4 Å². The molecule has 2 aromatic rings. The van der Waals surface area contributed by atoms with Crippen molar-refractivity contribution >= 4 is 34.8 Å². The van der Waals surface area contributed by atoms with Crippen molar-refractivity contribution in [2.45, 2.75) is 44.7 Å². The number of ether oxygens (including phenoxy) is 1. The number of aromatic nitrogens is 1. The Balaban J connectivity index is 0.00000218. The molecule has 0 spiro atoms. The molecule has 0 radical (unpaired) electrons. The molecular formula is C22H27ClFN3O3. The van der Waals surface area contributed by atoms with Gasteiger partial charge in [0.1, 0.15) is 5.69 Å². The molecule has 1 saturated carbocycles. The van der Waals surface area contributed by atoms with Crippen LogP contribution in [-0.2, 0) is 0 Å². The average Bonchev–Trinajstić information content (AvgIpc) is 3.45. The number of methoxy groups -OCH3 is 1. The van der Waals surface area contributed by atoms with Gasteiger partial charge in [0.2, 0.25) is 0 Å². The zero-order valence-electron chi connectivity index (χ0n) is 17.2. The topological polar surface area (TPSA) is 63.6 Å². The van der Waals surface area contributed by atoms with Crippen molar-refractivity contribution in [3.05, 3.63) is 33.9 Å². The number of nitrogens with zero attached hydrogens (tertiary/aromatic N) is 2. The van der Waals surface area contributed by atoms with E-state index < -0.39 is 11.2 Å². The normalized spacial score (nSPS) is 23.2. The molecule has 1 N–H and O–H groups in total.